The highest BCUT2D eigenvalue weighted by Crippen LogP contribution is 1.98. The molecule has 0 saturated carbocycles. The molecule has 2 amide bonds. The van der Waals surface area contributed by atoms with Crippen LogP contribution in [0.15, 0.2) is 0 Å². The van der Waals surface area contributed by atoms with Crippen LogP contribution in [-0.4, -0.2) is 49.7 Å². The molecule has 1 heterocycles. The lowest BCUT2D eigenvalue weighted by molar-refractivity contribution is -0.142. The molecule has 1 aliphatic heterocycles. The SMILES string of the molecule is COC(=O)[C@@H](N)CN1CCNC1=O. The molecule has 0 aliphatic carbocycles. The van der Waals surface area contributed by atoms with Crippen molar-refractivity contribution in [3.05, 3.63) is 0 Å². The van der Waals surface area contributed by atoms with Crippen LogP contribution in [0.1, 0.15) is 0 Å². The van der Waals surface area contributed by atoms with E-state index in [-0.39, 0.29) is 12.6 Å². The first-order chi connectivity index (χ1) is 6.15. The quantitative estimate of drug-likeness (QED) is 0.527. The molecule has 0 aromatic carbocycles. The van der Waals surface area contributed by atoms with Crippen molar-refractivity contribution >= 4 is 12.0 Å². The molecule has 1 aliphatic rings. The van der Waals surface area contributed by atoms with Gasteiger partial charge in [-0.1, -0.05) is 0 Å². The Morgan fingerprint density at radius 3 is 3.00 bits per heavy atom. The van der Waals surface area contributed by atoms with E-state index in [4.69, 9.17) is 5.73 Å². The molecule has 0 spiro atoms. The number of nitrogens with two attached hydrogens (primary N) is 1. The fraction of sp³-hybridized carbons (Fsp3) is 0.714. The molecule has 6 heteroatoms. The number of methoxy groups -OCH3 is 1. The summed E-state index contributed by atoms with van der Waals surface area (Å²) >= 11 is 0. The highest BCUT2D eigenvalue weighted by atomic mass is 16.5. The third kappa shape index (κ3) is 2.32. The molecule has 1 rings (SSSR count). The average Bonchev–Trinajstić information content (AvgIpc) is 2.50. The van der Waals surface area contributed by atoms with Crippen LogP contribution in [0, 0.1) is 0 Å². The maximum absolute atomic E-state index is 11.0. The first-order valence-corrected chi connectivity index (χ1v) is 4.01. The summed E-state index contributed by atoms with van der Waals surface area (Å²) < 4.78 is 4.44. The average molecular weight is 187 g/mol. The van der Waals surface area contributed by atoms with E-state index in [2.05, 4.69) is 10.1 Å². The number of nitrogens with zero attached hydrogens (tertiary/aromatic N) is 1. The molecule has 1 saturated heterocycles. The molecule has 0 aromatic heterocycles. The molecule has 0 radical (unpaired) electrons. The van der Waals surface area contributed by atoms with Crippen LogP contribution in [0.25, 0.3) is 0 Å². The largest absolute Gasteiger partial charge is 0.468 e. The Morgan fingerprint density at radius 1 is 1.85 bits per heavy atom. The van der Waals surface area contributed by atoms with Gasteiger partial charge in [-0.15, -0.1) is 0 Å². The smallest absolute Gasteiger partial charge is 0.324 e. The number of hydrogen-bond donors (Lipinski definition) is 2. The molecule has 0 unspecified atom stereocenters. The van der Waals surface area contributed by atoms with Crippen molar-refractivity contribution in [2.24, 2.45) is 5.73 Å². The second-order valence-corrected chi connectivity index (χ2v) is 2.81. The van der Waals surface area contributed by atoms with Gasteiger partial charge in [-0.05, 0) is 0 Å². The Kier molecular flexibility index (Phi) is 3.07. The number of carbonyl (C=O) groups excluding carboxylic acids is 2. The summed E-state index contributed by atoms with van der Waals surface area (Å²) in [6.45, 7) is 1.40. The lowest BCUT2D eigenvalue weighted by atomic mass is 10.3. The van der Waals surface area contributed by atoms with Gasteiger partial charge in [-0.3, -0.25) is 4.79 Å². The van der Waals surface area contributed by atoms with E-state index >= 15 is 0 Å². The van der Waals surface area contributed by atoms with Crippen molar-refractivity contribution < 1.29 is 14.3 Å². The van der Waals surface area contributed by atoms with Crippen molar-refractivity contribution in [2.45, 2.75) is 6.04 Å². The van der Waals surface area contributed by atoms with Gasteiger partial charge in [0.2, 0.25) is 0 Å². The van der Waals surface area contributed by atoms with E-state index in [9.17, 15) is 9.59 Å². The predicted octanol–water partition coefficient (Wildman–Crippen LogP) is -1.49. The molecular formula is C7H13N3O3. The number of rotatable bonds is 3. The highest BCUT2D eigenvalue weighted by Gasteiger charge is 2.24. The van der Waals surface area contributed by atoms with Gasteiger partial charge in [-0.2, -0.15) is 0 Å². The highest BCUT2D eigenvalue weighted by molar-refractivity contribution is 5.79. The lowest BCUT2D eigenvalue weighted by Gasteiger charge is -2.17. The van der Waals surface area contributed by atoms with Crippen LogP contribution in [0.5, 0.6) is 0 Å². The van der Waals surface area contributed by atoms with E-state index in [1.807, 2.05) is 0 Å². The molecule has 13 heavy (non-hydrogen) atoms. The van der Waals surface area contributed by atoms with E-state index in [1.165, 1.54) is 12.0 Å². The predicted molar refractivity (Wildman–Crippen MR) is 45.0 cm³/mol. The summed E-state index contributed by atoms with van der Waals surface area (Å²) in [5.41, 5.74) is 5.47. The topological polar surface area (TPSA) is 84.7 Å². The van der Waals surface area contributed by atoms with E-state index in [1.54, 1.807) is 0 Å². The molecule has 0 aromatic rings. The standard InChI is InChI=1S/C7H13N3O3/c1-13-6(11)5(8)4-10-3-2-9-7(10)12/h5H,2-4,8H2,1H3,(H,9,12)/t5-/m0/s1. The molecule has 3 N–H and O–H groups in total. The number of amides is 2. The zero-order valence-electron chi connectivity index (χ0n) is 7.45. The van der Waals surface area contributed by atoms with Crippen molar-refractivity contribution in [3.63, 3.8) is 0 Å². The van der Waals surface area contributed by atoms with Crippen LogP contribution < -0.4 is 11.1 Å². The van der Waals surface area contributed by atoms with Gasteiger partial charge < -0.3 is 20.7 Å². The normalized spacial score (nSPS) is 18.3. The van der Waals surface area contributed by atoms with Crippen LogP contribution in [-0.2, 0) is 9.53 Å². The fourth-order valence-corrected chi connectivity index (χ4v) is 1.15. The number of esters is 1. The van der Waals surface area contributed by atoms with Gasteiger partial charge >= 0.3 is 12.0 Å². The number of carbonyl (C=O) groups is 2. The second-order valence-electron chi connectivity index (χ2n) is 2.81. The molecule has 0 bridgehead atoms. The minimum Gasteiger partial charge on any atom is -0.468 e. The minimum absolute atomic E-state index is 0.181. The Balaban J connectivity index is 2.39. The van der Waals surface area contributed by atoms with Crippen molar-refractivity contribution in [1.82, 2.24) is 10.2 Å². The molecule has 74 valence electrons. The van der Waals surface area contributed by atoms with Crippen LogP contribution in [0.2, 0.25) is 0 Å². The number of nitrogens with one attached hydrogen (secondary N) is 1. The Morgan fingerprint density at radius 2 is 2.54 bits per heavy atom. The van der Waals surface area contributed by atoms with E-state index in [0.717, 1.165) is 0 Å². The van der Waals surface area contributed by atoms with Crippen molar-refractivity contribution in [2.75, 3.05) is 26.7 Å². The minimum atomic E-state index is -0.756. The van der Waals surface area contributed by atoms with Crippen LogP contribution in [0.4, 0.5) is 4.79 Å². The van der Waals surface area contributed by atoms with Crippen molar-refractivity contribution in [1.29, 1.82) is 0 Å². The summed E-state index contributed by atoms with van der Waals surface area (Å²) in [5, 5.41) is 2.61. The third-order valence-electron chi connectivity index (χ3n) is 1.87. The zero-order valence-corrected chi connectivity index (χ0v) is 7.45. The summed E-state index contributed by atoms with van der Waals surface area (Å²) in [7, 11) is 1.27. The van der Waals surface area contributed by atoms with Gasteiger partial charge in [0.25, 0.3) is 0 Å². The van der Waals surface area contributed by atoms with Gasteiger partial charge in [0.05, 0.1) is 7.11 Å². The molecule has 1 atom stereocenters. The van der Waals surface area contributed by atoms with Gasteiger partial charge in [0.15, 0.2) is 0 Å². The van der Waals surface area contributed by atoms with Gasteiger partial charge in [0.1, 0.15) is 6.04 Å². The maximum atomic E-state index is 11.0. The third-order valence-corrected chi connectivity index (χ3v) is 1.87. The monoisotopic (exact) mass is 187 g/mol. The van der Waals surface area contributed by atoms with Crippen molar-refractivity contribution in [3.8, 4) is 0 Å². The van der Waals surface area contributed by atoms with Gasteiger partial charge in [0, 0.05) is 19.6 Å². The van der Waals surface area contributed by atoms with Crippen LogP contribution in [0.3, 0.4) is 0 Å². The van der Waals surface area contributed by atoms with E-state index < -0.39 is 12.0 Å². The first kappa shape index (κ1) is 9.79. The second kappa shape index (κ2) is 4.08. The summed E-state index contributed by atoms with van der Waals surface area (Å²) in [6, 6.07) is -0.937. The molecular weight excluding hydrogens is 174 g/mol. The Bertz CT molecular complexity index is 219. The summed E-state index contributed by atoms with van der Waals surface area (Å²) in [6.07, 6.45) is 0. The van der Waals surface area contributed by atoms with E-state index in [0.29, 0.717) is 13.1 Å². The molecule has 6 nitrogen and oxygen atoms in total. The van der Waals surface area contributed by atoms with Gasteiger partial charge in [-0.25, -0.2) is 4.79 Å². The number of ether oxygens (including phenoxy) is 1. The Hall–Kier alpha value is -1.30. The summed E-state index contributed by atoms with van der Waals surface area (Å²) in [5.74, 6) is -0.500. The number of urea groups is 1. The molecule has 1 fully saturated rings. The zero-order chi connectivity index (χ0) is 9.84. The first-order valence-electron chi connectivity index (χ1n) is 4.01. The lowest BCUT2D eigenvalue weighted by Crippen LogP contribution is -2.44. The number of hydrogen-bond acceptors (Lipinski definition) is 4. The van der Waals surface area contributed by atoms with Crippen LogP contribution >= 0.6 is 0 Å². The fourth-order valence-electron chi connectivity index (χ4n) is 1.15. The summed E-state index contributed by atoms with van der Waals surface area (Å²) in [4.78, 5) is 23.4. The Labute approximate surface area is 76.0 Å². The maximum Gasteiger partial charge on any atom is 0.324 e.